The van der Waals surface area contributed by atoms with Crippen molar-refractivity contribution in [2.45, 2.75) is 13.3 Å². The first-order valence-corrected chi connectivity index (χ1v) is 7.37. The SMILES string of the molecule is Cc1ccc(-c2c(Cl)cc(F)cc2Cl)c2c1OCCCO2. The number of fused-ring (bicyclic) bond motifs is 1. The van der Waals surface area contributed by atoms with Crippen molar-refractivity contribution >= 4 is 23.2 Å². The minimum atomic E-state index is -0.468. The third kappa shape index (κ3) is 2.68. The Morgan fingerprint density at radius 3 is 2.29 bits per heavy atom. The van der Waals surface area contributed by atoms with Crippen LogP contribution < -0.4 is 9.47 Å². The lowest BCUT2D eigenvalue weighted by atomic mass is 10.0. The van der Waals surface area contributed by atoms with Crippen LogP contribution in [0, 0.1) is 12.7 Å². The van der Waals surface area contributed by atoms with Gasteiger partial charge in [0.15, 0.2) is 11.5 Å². The minimum absolute atomic E-state index is 0.249. The molecule has 0 radical (unpaired) electrons. The molecule has 0 atom stereocenters. The number of hydrogen-bond acceptors (Lipinski definition) is 2. The summed E-state index contributed by atoms with van der Waals surface area (Å²) in [5.74, 6) is 0.841. The number of benzene rings is 2. The molecule has 2 aromatic rings. The van der Waals surface area contributed by atoms with Crippen LogP contribution in [-0.4, -0.2) is 13.2 Å². The lowest BCUT2D eigenvalue weighted by Crippen LogP contribution is -1.98. The average Bonchev–Trinajstić information content (AvgIpc) is 2.66. The standard InChI is InChI=1S/C16H13Cl2FO2/c1-9-3-4-11(16-15(9)20-5-2-6-21-16)14-12(17)7-10(19)8-13(14)18/h3-4,7-8H,2,5-6H2,1H3. The van der Waals surface area contributed by atoms with E-state index in [0.717, 1.165) is 12.0 Å². The van der Waals surface area contributed by atoms with Gasteiger partial charge >= 0.3 is 0 Å². The molecule has 0 saturated heterocycles. The van der Waals surface area contributed by atoms with Gasteiger partial charge in [0.05, 0.1) is 23.3 Å². The second kappa shape index (κ2) is 5.74. The largest absolute Gasteiger partial charge is 0.489 e. The molecule has 3 rings (SSSR count). The fourth-order valence-electron chi connectivity index (χ4n) is 2.39. The van der Waals surface area contributed by atoms with Crippen LogP contribution in [0.4, 0.5) is 4.39 Å². The van der Waals surface area contributed by atoms with E-state index in [2.05, 4.69) is 0 Å². The predicted molar refractivity (Wildman–Crippen MR) is 82.2 cm³/mol. The second-order valence-corrected chi connectivity index (χ2v) is 5.70. The molecule has 0 saturated carbocycles. The summed E-state index contributed by atoms with van der Waals surface area (Å²) >= 11 is 12.3. The molecule has 1 heterocycles. The molecule has 1 aliphatic rings. The molecule has 0 N–H and O–H groups in total. The summed E-state index contributed by atoms with van der Waals surface area (Å²) < 4.78 is 24.9. The van der Waals surface area contributed by atoms with Crippen LogP contribution in [0.1, 0.15) is 12.0 Å². The van der Waals surface area contributed by atoms with Gasteiger partial charge in [-0.15, -0.1) is 0 Å². The molecule has 0 amide bonds. The van der Waals surface area contributed by atoms with Crippen LogP contribution in [0.2, 0.25) is 10.0 Å². The average molecular weight is 327 g/mol. The van der Waals surface area contributed by atoms with Gasteiger partial charge in [-0.1, -0.05) is 35.3 Å². The molecule has 5 heteroatoms. The van der Waals surface area contributed by atoms with Gasteiger partial charge in [-0.25, -0.2) is 4.39 Å². The van der Waals surface area contributed by atoms with Crippen LogP contribution in [-0.2, 0) is 0 Å². The zero-order chi connectivity index (χ0) is 15.0. The van der Waals surface area contributed by atoms with E-state index in [-0.39, 0.29) is 10.0 Å². The minimum Gasteiger partial charge on any atom is -0.489 e. The van der Waals surface area contributed by atoms with Gasteiger partial charge in [0.25, 0.3) is 0 Å². The Bertz CT molecular complexity index is 678. The van der Waals surface area contributed by atoms with Crippen LogP contribution >= 0.6 is 23.2 Å². The van der Waals surface area contributed by atoms with E-state index in [9.17, 15) is 4.39 Å². The number of ether oxygens (including phenoxy) is 2. The Morgan fingerprint density at radius 2 is 1.62 bits per heavy atom. The van der Waals surface area contributed by atoms with Crippen molar-refractivity contribution < 1.29 is 13.9 Å². The number of rotatable bonds is 1. The third-order valence-electron chi connectivity index (χ3n) is 3.37. The normalized spacial score (nSPS) is 13.9. The van der Waals surface area contributed by atoms with Crippen LogP contribution in [0.15, 0.2) is 24.3 Å². The first kappa shape index (κ1) is 14.5. The predicted octanol–water partition coefficient (Wildman–Crippen LogP) is 5.27. The molecular formula is C16H13Cl2FO2. The number of hydrogen-bond donors (Lipinski definition) is 0. The van der Waals surface area contributed by atoms with Crippen molar-refractivity contribution in [3.05, 3.63) is 45.7 Å². The zero-order valence-electron chi connectivity index (χ0n) is 11.4. The summed E-state index contributed by atoms with van der Waals surface area (Å²) in [7, 11) is 0. The Kier molecular flexibility index (Phi) is 3.96. The van der Waals surface area contributed by atoms with Gasteiger partial charge in [0, 0.05) is 17.5 Å². The maximum Gasteiger partial charge on any atom is 0.169 e. The summed E-state index contributed by atoms with van der Waals surface area (Å²) in [4.78, 5) is 0. The molecule has 0 spiro atoms. The Labute approximate surface area is 132 Å². The highest BCUT2D eigenvalue weighted by atomic mass is 35.5. The quantitative estimate of drug-likeness (QED) is 0.710. The summed E-state index contributed by atoms with van der Waals surface area (Å²) in [6.45, 7) is 3.10. The van der Waals surface area contributed by atoms with E-state index < -0.39 is 5.82 Å². The van der Waals surface area contributed by atoms with E-state index in [1.165, 1.54) is 12.1 Å². The van der Waals surface area contributed by atoms with Crippen LogP contribution in [0.5, 0.6) is 11.5 Å². The monoisotopic (exact) mass is 326 g/mol. The Balaban J connectivity index is 2.25. The van der Waals surface area contributed by atoms with Gasteiger partial charge in [0.1, 0.15) is 5.82 Å². The van der Waals surface area contributed by atoms with E-state index in [4.69, 9.17) is 32.7 Å². The molecular weight excluding hydrogens is 314 g/mol. The maximum atomic E-state index is 13.4. The highest BCUT2D eigenvalue weighted by molar-refractivity contribution is 6.39. The molecule has 2 nitrogen and oxygen atoms in total. The van der Waals surface area contributed by atoms with Crippen molar-refractivity contribution in [2.24, 2.45) is 0 Å². The highest BCUT2D eigenvalue weighted by Crippen LogP contribution is 2.46. The first-order chi connectivity index (χ1) is 10.1. The number of aryl methyl sites for hydroxylation is 1. The van der Waals surface area contributed by atoms with E-state index in [1.807, 2.05) is 19.1 Å². The Morgan fingerprint density at radius 1 is 1.00 bits per heavy atom. The second-order valence-electron chi connectivity index (χ2n) is 4.88. The van der Waals surface area contributed by atoms with E-state index in [1.54, 1.807) is 0 Å². The molecule has 0 aliphatic carbocycles. The van der Waals surface area contributed by atoms with Crippen molar-refractivity contribution in [2.75, 3.05) is 13.2 Å². The first-order valence-electron chi connectivity index (χ1n) is 6.62. The molecule has 0 aromatic heterocycles. The van der Waals surface area contributed by atoms with E-state index in [0.29, 0.717) is 35.8 Å². The summed E-state index contributed by atoms with van der Waals surface area (Å²) in [6.07, 6.45) is 0.804. The topological polar surface area (TPSA) is 18.5 Å². The maximum absolute atomic E-state index is 13.4. The Hall–Kier alpha value is -1.45. The molecule has 1 aliphatic heterocycles. The number of halogens is 3. The molecule has 2 aromatic carbocycles. The smallest absolute Gasteiger partial charge is 0.169 e. The summed E-state index contributed by atoms with van der Waals surface area (Å²) in [6, 6.07) is 6.27. The fourth-order valence-corrected chi connectivity index (χ4v) is 3.05. The van der Waals surface area contributed by atoms with Crippen molar-refractivity contribution in [3.8, 4) is 22.6 Å². The van der Waals surface area contributed by atoms with Gasteiger partial charge in [-0.2, -0.15) is 0 Å². The molecule has 21 heavy (non-hydrogen) atoms. The van der Waals surface area contributed by atoms with Crippen LogP contribution in [0.25, 0.3) is 11.1 Å². The lowest BCUT2D eigenvalue weighted by Gasteiger charge is -2.16. The summed E-state index contributed by atoms with van der Waals surface area (Å²) in [5, 5.41) is 0.498. The summed E-state index contributed by atoms with van der Waals surface area (Å²) in [5.41, 5.74) is 2.25. The van der Waals surface area contributed by atoms with Gasteiger partial charge in [-0.3, -0.25) is 0 Å². The highest BCUT2D eigenvalue weighted by Gasteiger charge is 2.21. The molecule has 110 valence electrons. The van der Waals surface area contributed by atoms with E-state index >= 15 is 0 Å². The molecule has 0 bridgehead atoms. The lowest BCUT2D eigenvalue weighted by molar-refractivity contribution is 0.296. The van der Waals surface area contributed by atoms with Gasteiger partial charge in [-0.05, 0) is 24.6 Å². The third-order valence-corrected chi connectivity index (χ3v) is 3.96. The van der Waals surface area contributed by atoms with Gasteiger partial charge in [0.2, 0.25) is 0 Å². The zero-order valence-corrected chi connectivity index (χ0v) is 12.9. The fraction of sp³-hybridized carbons (Fsp3) is 0.250. The molecule has 0 unspecified atom stereocenters. The molecule has 0 fully saturated rings. The van der Waals surface area contributed by atoms with Gasteiger partial charge < -0.3 is 9.47 Å². The van der Waals surface area contributed by atoms with Crippen molar-refractivity contribution in [1.82, 2.24) is 0 Å². The van der Waals surface area contributed by atoms with Crippen molar-refractivity contribution in [3.63, 3.8) is 0 Å². The van der Waals surface area contributed by atoms with Crippen molar-refractivity contribution in [1.29, 1.82) is 0 Å². The van der Waals surface area contributed by atoms with Crippen LogP contribution in [0.3, 0.4) is 0 Å².